The first-order chi connectivity index (χ1) is 8.55. The maximum atomic E-state index is 7.85. The van der Waals surface area contributed by atoms with E-state index in [0.717, 1.165) is 23.7 Å². The summed E-state index contributed by atoms with van der Waals surface area (Å²) in [7, 11) is 1.59. The summed E-state index contributed by atoms with van der Waals surface area (Å²) >= 11 is 3.58. The molecule has 1 N–H and O–H groups in total. The highest BCUT2D eigenvalue weighted by molar-refractivity contribution is 9.10. The fraction of sp³-hybridized carbons (Fsp3) is 0.533. The Labute approximate surface area is 117 Å². The van der Waals surface area contributed by atoms with Crippen molar-refractivity contribution < 1.29 is 4.74 Å². The number of rotatable bonds is 3. The molecule has 2 nitrogen and oxygen atoms in total. The molecule has 0 atom stereocenters. The van der Waals surface area contributed by atoms with Crippen LogP contribution in [0.5, 0.6) is 0 Å². The lowest BCUT2D eigenvalue weighted by Gasteiger charge is -2.30. The van der Waals surface area contributed by atoms with Crippen LogP contribution in [0.4, 0.5) is 0 Å². The van der Waals surface area contributed by atoms with E-state index in [-0.39, 0.29) is 5.41 Å². The molecule has 1 aliphatic rings. The molecule has 18 heavy (non-hydrogen) atoms. The van der Waals surface area contributed by atoms with Crippen LogP contribution in [0.3, 0.4) is 0 Å². The predicted molar refractivity (Wildman–Crippen MR) is 78.4 cm³/mol. The molecule has 0 aromatic heterocycles. The molecule has 1 aliphatic carbocycles. The molecular formula is C15H20BrNO. The van der Waals surface area contributed by atoms with Gasteiger partial charge in [0.15, 0.2) is 5.90 Å². The lowest BCUT2D eigenvalue weighted by atomic mass is 9.75. The third kappa shape index (κ3) is 2.77. The monoisotopic (exact) mass is 309 g/mol. The number of ether oxygens (including phenoxy) is 1. The zero-order valence-electron chi connectivity index (χ0n) is 11.1. The van der Waals surface area contributed by atoms with E-state index in [1.165, 1.54) is 24.0 Å². The Morgan fingerprint density at radius 3 is 2.56 bits per heavy atom. The van der Waals surface area contributed by atoms with Gasteiger partial charge in [-0.05, 0) is 43.0 Å². The standard InChI is InChI=1S/C15H20BrNO/c1-11-7-12(9-13(16)8-11)15(5-3-4-6-15)10-14(17)18-2/h7-9,17H,3-6,10H2,1-2H3. The first kappa shape index (κ1) is 13.6. The van der Waals surface area contributed by atoms with E-state index in [1.807, 2.05) is 0 Å². The average molecular weight is 310 g/mol. The van der Waals surface area contributed by atoms with Gasteiger partial charge in [0.1, 0.15) is 0 Å². The average Bonchev–Trinajstić information content (AvgIpc) is 2.77. The van der Waals surface area contributed by atoms with E-state index < -0.39 is 0 Å². The van der Waals surface area contributed by atoms with Crippen LogP contribution in [0, 0.1) is 12.3 Å². The predicted octanol–water partition coefficient (Wildman–Crippen LogP) is 4.58. The summed E-state index contributed by atoms with van der Waals surface area (Å²) in [6.07, 6.45) is 5.55. The van der Waals surface area contributed by atoms with E-state index in [9.17, 15) is 0 Å². The molecule has 0 bridgehead atoms. The molecular weight excluding hydrogens is 290 g/mol. The third-order valence-corrected chi connectivity index (χ3v) is 4.42. The molecule has 0 unspecified atom stereocenters. The van der Waals surface area contributed by atoms with E-state index in [2.05, 4.69) is 41.1 Å². The molecule has 0 radical (unpaired) electrons. The summed E-state index contributed by atoms with van der Waals surface area (Å²) in [5.74, 6) is 0.398. The zero-order chi connectivity index (χ0) is 13.2. The lowest BCUT2D eigenvalue weighted by molar-refractivity contribution is 0.350. The first-order valence-electron chi connectivity index (χ1n) is 6.45. The minimum absolute atomic E-state index is 0.113. The molecule has 1 saturated carbocycles. The van der Waals surface area contributed by atoms with Crippen LogP contribution in [0.2, 0.25) is 0 Å². The number of benzene rings is 1. The van der Waals surface area contributed by atoms with Crippen molar-refractivity contribution in [1.82, 2.24) is 0 Å². The van der Waals surface area contributed by atoms with E-state index in [1.54, 1.807) is 7.11 Å². The van der Waals surface area contributed by atoms with Crippen LogP contribution in [0.25, 0.3) is 0 Å². The summed E-state index contributed by atoms with van der Waals surface area (Å²) < 4.78 is 6.22. The summed E-state index contributed by atoms with van der Waals surface area (Å²) in [4.78, 5) is 0. The van der Waals surface area contributed by atoms with Gasteiger partial charge in [0, 0.05) is 16.3 Å². The Morgan fingerprint density at radius 2 is 2.00 bits per heavy atom. The van der Waals surface area contributed by atoms with Crippen molar-refractivity contribution in [3.63, 3.8) is 0 Å². The minimum Gasteiger partial charge on any atom is -0.484 e. The number of aryl methyl sites for hydroxylation is 1. The topological polar surface area (TPSA) is 33.1 Å². The highest BCUT2D eigenvalue weighted by Gasteiger charge is 2.37. The lowest BCUT2D eigenvalue weighted by Crippen LogP contribution is -2.26. The zero-order valence-corrected chi connectivity index (χ0v) is 12.6. The Hall–Kier alpha value is -0.830. The van der Waals surface area contributed by atoms with Crippen molar-refractivity contribution >= 4 is 21.8 Å². The second-order valence-corrected chi connectivity index (χ2v) is 6.22. The van der Waals surface area contributed by atoms with Crippen LogP contribution < -0.4 is 0 Å². The molecule has 3 heteroatoms. The molecule has 1 aromatic rings. The maximum Gasteiger partial charge on any atom is 0.180 e. The molecule has 98 valence electrons. The molecule has 0 amide bonds. The van der Waals surface area contributed by atoms with Gasteiger partial charge < -0.3 is 4.74 Å². The van der Waals surface area contributed by atoms with Crippen molar-refractivity contribution in [2.45, 2.75) is 44.4 Å². The van der Waals surface area contributed by atoms with Gasteiger partial charge in [-0.3, -0.25) is 5.41 Å². The minimum atomic E-state index is 0.113. The van der Waals surface area contributed by atoms with Gasteiger partial charge in [-0.1, -0.05) is 34.8 Å². The van der Waals surface area contributed by atoms with Gasteiger partial charge in [0.2, 0.25) is 0 Å². The van der Waals surface area contributed by atoms with Crippen LogP contribution in [-0.4, -0.2) is 13.0 Å². The van der Waals surface area contributed by atoms with Crippen LogP contribution in [0.15, 0.2) is 22.7 Å². The third-order valence-electron chi connectivity index (χ3n) is 3.96. The summed E-state index contributed by atoms with van der Waals surface area (Å²) in [5, 5.41) is 7.85. The molecule has 1 aromatic carbocycles. The Balaban J connectivity index is 2.37. The number of nitrogens with one attached hydrogen (secondary N) is 1. The number of hydrogen-bond donors (Lipinski definition) is 1. The number of methoxy groups -OCH3 is 1. The summed E-state index contributed by atoms with van der Waals surface area (Å²) in [6, 6.07) is 6.61. The molecule has 1 fully saturated rings. The van der Waals surface area contributed by atoms with Crippen molar-refractivity contribution in [2.75, 3.05) is 7.11 Å². The molecule has 0 saturated heterocycles. The van der Waals surface area contributed by atoms with Crippen LogP contribution in [-0.2, 0) is 10.2 Å². The largest absolute Gasteiger partial charge is 0.484 e. The van der Waals surface area contributed by atoms with E-state index in [4.69, 9.17) is 10.1 Å². The van der Waals surface area contributed by atoms with E-state index in [0.29, 0.717) is 5.90 Å². The normalized spacial score (nSPS) is 17.7. The second kappa shape index (κ2) is 5.43. The fourth-order valence-electron chi connectivity index (χ4n) is 3.04. The van der Waals surface area contributed by atoms with Crippen molar-refractivity contribution in [1.29, 1.82) is 5.41 Å². The molecule has 0 spiro atoms. The van der Waals surface area contributed by atoms with Gasteiger partial charge in [0.25, 0.3) is 0 Å². The van der Waals surface area contributed by atoms with Gasteiger partial charge >= 0.3 is 0 Å². The van der Waals surface area contributed by atoms with Gasteiger partial charge in [-0.15, -0.1) is 0 Å². The van der Waals surface area contributed by atoms with Crippen molar-refractivity contribution in [2.24, 2.45) is 0 Å². The molecule has 0 aliphatic heterocycles. The highest BCUT2D eigenvalue weighted by atomic mass is 79.9. The Bertz CT molecular complexity index is 430. The fourth-order valence-corrected chi connectivity index (χ4v) is 3.65. The molecule has 2 rings (SSSR count). The van der Waals surface area contributed by atoms with Gasteiger partial charge in [-0.2, -0.15) is 0 Å². The smallest absolute Gasteiger partial charge is 0.180 e. The Morgan fingerprint density at radius 1 is 1.33 bits per heavy atom. The maximum absolute atomic E-state index is 7.85. The van der Waals surface area contributed by atoms with Gasteiger partial charge in [-0.25, -0.2) is 0 Å². The van der Waals surface area contributed by atoms with Crippen LogP contribution >= 0.6 is 15.9 Å². The van der Waals surface area contributed by atoms with Gasteiger partial charge in [0.05, 0.1) is 7.11 Å². The Kier molecular flexibility index (Phi) is 4.10. The number of hydrogen-bond acceptors (Lipinski definition) is 2. The van der Waals surface area contributed by atoms with Crippen LogP contribution in [0.1, 0.15) is 43.2 Å². The SMILES string of the molecule is COC(=N)CC1(c2cc(C)cc(Br)c2)CCCC1. The van der Waals surface area contributed by atoms with Crippen molar-refractivity contribution in [3.8, 4) is 0 Å². The van der Waals surface area contributed by atoms with Crippen molar-refractivity contribution in [3.05, 3.63) is 33.8 Å². The first-order valence-corrected chi connectivity index (χ1v) is 7.24. The molecule has 0 heterocycles. The number of halogens is 1. The highest BCUT2D eigenvalue weighted by Crippen LogP contribution is 2.45. The summed E-state index contributed by atoms with van der Waals surface area (Å²) in [6.45, 7) is 2.12. The van der Waals surface area contributed by atoms with E-state index >= 15 is 0 Å². The quantitative estimate of drug-likeness (QED) is 0.643. The summed E-state index contributed by atoms with van der Waals surface area (Å²) in [5.41, 5.74) is 2.74. The second-order valence-electron chi connectivity index (χ2n) is 5.31.